The molecule has 0 unspecified atom stereocenters. The number of carbonyl (C=O) groups is 2. The van der Waals surface area contributed by atoms with Crippen molar-refractivity contribution in [1.29, 1.82) is 0 Å². The standard InChI is InChI=1S/C21H27N3O3/c1-13-17(18(25)10-15(11-22)20(26)27-5)12-23-19(24-13)14-6-8-16(9-7-14)21(2,3)4/h6-9,12,15H,10-11,22H2,1-5H3/t15-/m0/s1. The lowest BCUT2D eigenvalue weighted by atomic mass is 9.86. The topological polar surface area (TPSA) is 95.2 Å². The number of Topliss-reactive ketones (excluding diaryl/α,β-unsaturated/α-hetero) is 1. The number of nitrogens with zero attached hydrogens (tertiary/aromatic N) is 2. The quantitative estimate of drug-likeness (QED) is 0.621. The fourth-order valence-corrected chi connectivity index (χ4v) is 2.76. The van der Waals surface area contributed by atoms with Crippen molar-refractivity contribution in [2.24, 2.45) is 11.7 Å². The minimum absolute atomic E-state index is 0.0208. The molecule has 0 amide bonds. The number of methoxy groups -OCH3 is 1. The van der Waals surface area contributed by atoms with E-state index in [1.165, 1.54) is 18.9 Å². The SMILES string of the molecule is COC(=O)[C@H](CN)CC(=O)c1cnc(-c2ccc(C(C)(C)C)cc2)nc1C. The molecule has 1 atom stereocenters. The summed E-state index contributed by atoms with van der Waals surface area (Å²) in [7, 11) is 1.28. The van der Waals surface area contributed by atoms with E-state index >= 15 is 0 Å². The maximum Gasteiger partial charge on any atom is 0.310 e. The summed E-state index contributed by atoms with van der Waals surface area (Å²) in [5, 5.41) is 0. The Bertz CT molecular complexity index is 824. The zero-order valence-electron chi connectivity index (χ0n) is 16.6. The van der Waals surface area contributed by atoms with E-state index in [1.54, 1.807) is 6.92 Å². The third kappa shape index (κ3) is 4.98. The van der Waals surface area contributed by atoms with Crippen LogP contribution in [0.5, 0.6) is 0 Å². The Hall–Kier alpha value is -2.60. The molecule has 0 spiro atoms. The average molecular weight is 369 g/mol. The van der Waals surface area contributed by atoms with Crippen LogP contribution in [0.3, 0.4) is 0 Å². The predicted molar refractivity (Wildman–Crippen MR) is 104 cm³/mol. The first kappa shape index (κ1) is 20.7. The summed E-state index contributed by atoms with van der Waals surface area (Å²) in [6, 6.07) is 8.10. The number of ether oxygens (including phenoxy) is 1. The lowest BCUT2D eigenvalue weighted by Gasteiger charge is -2.19. The Morgan fingerprint density at radius 2 is 1.81 bits per heavy atom. The van der Waals surface area contributed by atoms with Crippen molar-refractivity contribution in [2.75, 3.05) is 13.7 Å². The van der Waals surface area contributed by atoms with Gasteiger partial charge in [0.1, 0.15) is 0 Å². The van der Waals surface area contributed by atoms with Crippen LogP contribution in [0.4, 0.5) is 0 Å². The summed E-state index contributed by atoms with van der Waals surface area (Å²) < 4.78 is 4.68. The van der Waals surface area contributed by atoms with Crippen LogP contribution in [-0.4, -0.2) is 35.4 Å². The highest BCUT2D eigenvalue weighted by molar-refractivity contribution is 5.98. The molecule has 0 saturated heterocycles. The van der Waals surface area contributed by atoms with E-state index in [1.807, 2.05) is 12.1 Å². The van der Waals surface area contributed by atoms with E-state index in [2.05, 4.69) is 47.6 Å². The Kier molecular flexibility index (Phi) is 6.44. The normalized spacial score (nSPS) is 12.5. The zero-order chi connectivity index (χ0) is 20.2. The van der Waals surface area contributed by atoms with Crippen molar-refractivity contribution in [3.05, 3.63) is 47.3 Å². The number of nitrogens with two attached hydrogens (primary N) is 1. The monoisotopic (exact) mass is 369 g/mol. The number of benzene rings is 1. The summed E-state index contributed by atoms with van der Waals surface area (Å²) in [4.78, 5) is 33.0. The van der Waals surface area contributed by atoms with Gasteiger partial charge < -0.3 is 10.5 Å². The van der Waals surface area contributed by atoms with Gasteiger partial charge in [0.25, 0.3) is 0 Å². The Morgan fingerprint density at radius 3 is 2.30 bits per heavy atom. The number of carbonyl (C=O) groups excluding carboxylic acids is 2. The largest absolute Gasteiger partial charge is 0.469 e. The van der Waals surface area contributed by atoms with Crippen molar-refractivity contribution < 1.29 is 14.3 Å². The number of hydrogen-bond acceptors (Lipinski definition) is 6. The number of rotatable bonds is 6. The smallest absolute Gasteiger partial charge is 0.310 e. The molecule has 0 radical (unpaired) electrons. The number of esters is 1. The predicted octanol–water partition coefficient (Wildman–Crippen LogP) is 3.07. The van der Waals surface area contributed by atoms with Gasteiger partial charge in [-0.15, -0.1) is 0 Å². The minimum atomic E-state index is -0.661. The molecule has 1 heterocycles. The van der Waals surface area contributed by atoms with Gasteiger partial charge in [-0.2, -0.15) is 0 Å². The first-order valence-corrected chi connectivity index (χ1v) is 8.93. The van der Waals surface area contributed by atoms with E-state index in [4.69, 9.17) is 5.73 Å². The molecular formula is C21H27N3O3. The van der Waals surface area contributed by atoms with Crippen LogP contribution in [0.25, 0.3) is 11.4 Å². The van der Waals surface area contributed by atoms with Gasteiger partial charge in [0.15, 0.2) is 11.6 Å². The molecule has 0 aliphatic heterocycles. The van der Waals surface area contributed by atoms with Gasteiger partial charge in [0.05, 0.1) is 24.3 Å². The molecule has 2 rings (SSSR count). The van der Waals surface area contributed by atoms with E-state index in [9.17, 15) is 9.59 Å². The summed E-state index contributed by atoms with van der Waals surface area (Å²) in [5.74, 6) is -0.803. The fraction of sp³-hybridized carbons (Fsp3) is 0.429. The summed E-state index contributed by atoms with van der Waals surface area (Å²) in [6.07, 6.45) is 1.50. The molecule has 1 aromatic carbocycles. The highest BCUT2D eigenvalue weighted by Gasteiger charge is 2.23. The molecule has 0 bridgehead atoms. The van der Waals surface area contributed by atoms with Gasteiger partial charge in [-0.05, 0) is 17.9 Å². The summed E-state index contributed by atoms with van der Waals surface area (Å²) in [5.41, 5.74) is 8.73. The van der Waals surface area contributed by atoms with Gasteiger partial charge in [-0.1, -0.05) is 45.0 Å². The van der Waals surface area contributed by atoms with Crippen LogP contribution in [0, 0.1) is 12.8 Å². The molecule has 2 N–H and O–H groups in total. The maximum atomic E-state index is 12.5. The van der Waals surface area contributed by atoms with Gasteiger partial charge in [0.2, 0.25) is 0 Å². The van der Waals surface area contributed by atoms with Gasteiger partial charge in [-0.3, -0.25) is 9.59 Å². The maximum absolute atomic E-state index is 12.5. The number of hydrogen-bond donors (Lipinski definition) is 1. The third-order valence-electron chi connectivity index (χ3n) is 4.54. The third-order valence-corrected chi connectivity index (χ3v) is 4.54. The molecule has 6 heteroatoms. The number of ketones is 1. The van der Waals surface area contributed by atoms with E-state index in [0.29, 0.717) is 17.1 Å². The second-order valence-electron chi connectivity index (χ2n) is 7.60. The van der Waals surface area contributed by atoms with E-state index in [-0.39, 0.29) is 24.2 Å². The molecule has 144 valence electrons. The van der Waals surface area contributed by atoms with Crippen LogP contribution in [0.2, 0.25) is 0 Å². The first-order valence-electron chi connectivity index (χ1n) is 8.93. The molecule has 0 aliphatic carbocycles. The molecule has 0 fully saturated rings. The molecule has 1 aromatic heterocycles. The molecule has 6 nitrogen and oxygen atoms in total. The van der Waals surface area contributed by atoms with Crippen molar-refractivity contribution in [3.63, 3.8) is 0 Å². The average Bonchev–Trinajstić information content (AvgIpc) is 2.64. The van der Waals surface area contributed by atoms with E-state index in [0.717, 1.165) is 5.56 Å². The molecule has 0 saturated carbocycles. The van der Waals surface area contributed by atoms with Crippen molar-refractivity contribution in [3.8, 4) is 11.4 Å². The highest BCUT2D eigenvalue weighted by Crippen LogP contribution is 2.25. The van der Waals surface area contributed by atoms with Gasteiger partial charge >= 0.3 is 5.97 Å². The van der Waals surface area contributed by atoms with Gasteiger partial charge in [-0.25, -0.2) is 9.97 Å². The summed E-state index contributed by atoms with van der Waals surface area (Å²) >= 11 is 0. The van der Waals surface area contributed by atoms with Crippen LogP contribution in [0.15, 0.2) is 30.5 Å². The molecule has 0 aliphatic rings. The van der Waals surface area contributed by atoms with Crippen molar-refractivity contribution in [2.45, 2.75) is 39.5 Å². The second kappa shape index (κ2) is 8.39. The minimum Gasteiger partial charge on any atom is -0.469 e. The second-order valence-corrected chi connectivity index (χ2v) is 7.60. The van der Waals surface area contributed by atoms with Crippen molar-refractivity contribution >= 4 is 11.8 Å². The molecule has 27 heavy (non-hydrogen) atoms. The van der Waals surface area contributed by atoms with Crippen molar-refractivity contribution in [1.82, 2.24) is 9.97 Å². The van der Waals surface area contributed by atoms with Crippen LogP contribution in [0.1, 0.15) is 48.8 Å². The lowest BCUT2D eigenvalue weighted by molar-refractivity contribution is -0.145. The van der Waals surface area contributed by atoms with E-state index < -0.39 is 11.9 Å². The highest BCUT2D eigenvalue weighted by atomic mass is 16.5. The van der Waals surface area contributed by atoms with Crippen LogP contribution in [-0.2, 0) is 14.9 Å². The fourth-order valence-electron chi connectivity index (χ4n) is 2.76. The van der Waals surface area contributed by atoms with Gasteiger partial charge in [0, 0.05) is 24.7 Å². The van der Waals surface area contributed by atoms with Crippen LogP contribution >= 0.6 is 0 Å². The summed E-state index contributed by atoms with van der Waals surface area (Å²) in [6.45, 7) is 8.29. The number of aryl methyl sites for hydroxylation is 1. The molecule has 2 aromatic rings. The van der Waals surface area contributed by atoms with Crippen LogP contribution < -0.4 is 5.73 Å². The first-order chi connectivity index (χ1) is 12.7. The Labute approximate surface area is 160 Å². The number of aromatic nitrogens is 2. The Balaban J connectivity index is 2.22. The molecular weight excluding hydrogens is 342 g/mol. The zero-order valence-corrected chi connectivity index (χ0v) is 16.6. The Morgan fingerprint density at radius 1 is 1.19 bits per heavy atom. The lowest BCUT2D eigenvalue weighted by Crippen LogP contribution is -2.27.